The van der Waals surface area contributed by atoms with Gasteiger partial charge in [0.2, 0.25) is 0 Å². The molecular weight excluding hydrogens is 408 g/mol. The first-order valence-electron chi connectivity index (χ1n) is 11.1. The largest absolute Gasteiger partial charge is 0.335 e. The third-order valence-electron chi connectivity index (χ3n) is 6.59. The van der Waals surface area contributed by atoms with E-state index >= 15 is 0 Å². The number of anilines is 1. The lowest BCUT2D eigenvalue weighted by Crippen LogP contribution is -2.38. The molecular formula is C25H29ClN4O. The Labute approximate surface area is 189 Å². The zero-order valence-corrected chi connectivity index (χ0v) is 18.4. The van der Waals surface area contributed by atoms with E-state index in [2.05, 4.69) is 33.7 Å². The molecule has 0 spiro atoms. The summed E-state index contributed by atoms with van der Waals surface area (Å²) in [5.41, 5.74) is 2.69. The van der Waals surface area contributed by atoms with Crippen LogP contribution in [-0.2, 0) is 0 Å². The van der Waals surface area contributed by atoms with Crippen molar-refractivity contribution in [3.05, 3.63) is 64.7 Å². The van der Waals surface area contributed by atoms with E-state index < -0.39 is 0 Å². The van der Waals surface area contributed by atoms with Crippen molar-refractivity contribution in [3.63, 3.8) is 0 Å². The van der Waals surface area contributed by atoms with Gasteiger partial charge in [0, 0.05) is 23.3 Å². The molecule has 0 aromatic heterocycles. The lowest BCUT2D eigenvalue weighted by atomic mass is 9.89. The Bertz CT molecular complexity index is 914. The first kappa shape index (κ1) is 21.7. The number of amides is 2. The minimum absolute atomic E-state index is 0.167. The van der Waals surface area contributed by atoms with Gasteiger partial charge in [-0.1, -0.05) is 23.7 Å². The van der Waals surface area contributed by atoms with Gasteiger partial charge in [-0.05, 0) is 99.0 Å². The van der Waals surface area contributed by atoms with Gasteiger partial charge in [0.15, 0.2) is 0 Å². The van der Waals surface area contributed by atoms with Crippen LogP contribution in [0.5, 0.6) is 0 Å². The highest BCUT2D eigenvalue weighted by atomic mass is 35.5. The van der Waals surface area contributed by atoms with E-state index in [0.29, 0.717) is 23.1 Å². The van der Waals surface area contributed by atoms with E-state index in [1.807, 2.05) is 12.1 Å². The van der Waals surface area contributed by atoms with Gasteiger partial charge in [-0.2, -0.15) is 5.26 Å². The van der Waals surface area contributed by atoms with Crippen LogP contribution in [0, 0.1) is 17.2 Å². The van der Waals surface area contributed by atoms with E-state index in [-0.39, 0.29) is 12.1 Å². The molecule has 1 saturated carbocycles. The molecule has 2 aliphatic rings. The third-order valence-corrected chi connectivity index (χ3v) is 6.85. The number of piperidine rings is 1. The van der Waals surface area contributed by atoms with E-state index in [1.54, 1.807) is 24.3 Å². The highest BCUT2D eigenvalue weighted by molar-refractivity contribution is 6.30. The van der Waals surface area contributed by atoms with Crippen LogP contribution in [0.1, 0.15) is 49.1 Å². The number of hydrogen-bond acceptors (Lipinski definition) is 3. The van der Waals surface area contributed by atoms with Crippen LogP contribution >= 0.6 is 11.6 Å². The first-order chi connectivity index (χ1) is 15.1. The van der Waals surface area contributed by atoms with Crippen LogP contribution in [0.15, 0.2) is 48.5 Å². The Hall–Kier alpha value is -2.55. The monoisotopic (exact) mass is 436 g/mol. The summed E-state index contributed by atoms with van der Waals surface area (Å²) in [6.45, 7) is 3.41. The number of halogens is 1. The molecule has 1 heterocycles. The molecule has 1 saturated heterocycles. The Kier molecular flexibility index (Phi) is 7.11. The molecule has 6 heteroatoms. The quantitative estimate of drug-likeness (QED) is 0.660. The predicted octanol–water partition coefficient (Wildman–Crippen LogP) is 5.38. The second kappa shape index (κ2) is 10.2. The van der Waals surface area contributed by atoms with Crippen molar-refractivity contribution in [1.29, 1.82) is 5.26 Å². The van der Waals surface area contributed by atoms with Gasteiger partial charge in [0.1, 0.15) is 0 Å². The molecule has 2 atom stereocenters. The van der Waals surface area contributed by atoms with Crippen LogP contribution in [-0.4, -0.2) is 36.6 Å². The standard InChI is InChI=1S/C25H29ClN4O/c26-22-6-4-20(5-7-22)21-11-13-30(14-12-21)17-19-3-10-24(15-19)29-25(31)28-23-8-1-18(16-27)2-9-23/h1-2,4-9,19,21,24H,3,10-15,17H2,(H2,28,29,31). The summed E-state index contributed by atoms with van der Waals surface area (Å²) in [6.07, 6.45) is 5.63. The number of carbonyl (C=O) groups is 1. The zero-order chi connectivity index (χ0) is 21.6. The van der Waals surface area contributed by atoms with Crippen molar-refractivity contribution < 1.29 is 4.79 Å². The van der Waals surface area contributed by atoms with Crippen LogP contribution in [0.4, 0.5) is 10.5 Å². The van der Waals surface area contributed by atoms with Crippen molar-refractivity contribution >= 4 is 23.3 Å². The fraction of sp³-hybridized carbons (Fsp3) is 0.440. The van der Waals surface area contributed by atoms with E-state index in [9.17, 15) is 4.79 Å². The normalized spacial score (nSPS) is 22.1. The number of benzene rings is 2. The number of carbonyl (C=O) groups excluding carboxylic acids is 1. The highest BCUT2D eigenvalue weighted by Gasteiger charge is 2.29. The molecule has 2 amide bonds. The van der Waals surface area contributed by atoms with Gasteiger partial charge >= 0.3 is 6.03 Å². The maximum Gasteiger partial charge on any atom is 0.319 e. The second-order valence-corrected chi connectivity index (χ2v) is 9.23. The third kappa shape index (κ3) is 6.00. The van der Waals surface area contributed by atoms with Crippen LogP contribution in [0.25, 0.3) is 0 Å². The Morgan fingerprint density at radius 1 is 1.03 bits per heavy atom. The van der Waals surface area contributed by atoms with E-state index in [4.69, 9.17) is 16.9 Å². The number of hydrogen-bond donors (Lipinski definition) is 2. The summed E-state index contributed by atoms with van der Waals surface area (Å²) >= 11 is 6.01. The van der Waals surface area contributed by atoms with Gasteiger partial charge in [-0.25, -0.2) is 4.79 Å². The molecule has 4 rings (SSSR count). The Balaban J connectivity index is 1.18. The van der Waals surface area contributed by atoms with Crippen molar-refractivity contribution in [3.8, 4) is 6.07 Å². The van der Waals surface area contributed by atoms with Crippen molar-refractivity contribution in [2.75, 3.05) is 25.0 Å². The second-order valence-electron chi connectivity index (χ2n) is 8.79. The first-order valence-corrected chi connectivity index (χ1v) is 11.5. The molecule has 0 bridgehead atoms. The van der Waals surface area contributed by atoms with Crippen molar-refractivity contribution in [2.45, 2.75) is 44.1 Å². The fourth-order valence-corrected chi connectivity index (χ4v) is 5.03. The molecule has 2 aromatic rings. The molecule has 2 aromatic carbocycles. The SMILES string of the molecule is N#Cc1ccc(NC(=O)NC2CCC(CN3CCC(c4ccc(Cl)cc4)CC3)C2)cc1. The summed E-state index contributed by atoms with van der Waals surface area (Å²) in [5, 5.41) is 15.6. The molecule has 31 heavy (non-hydrogen) atoms. The minimum atomic E-state index is -0.167. The molecule has 1 aliphatic carbocycles. The summed E-state index contributed by atoms with van der Waals surface area (Å²) in [6, 6.07) is 17.4. The number of nitriles is 1. The lowest BCUT2D eigenvalue weighted by molar-refractivity contribution is 0.182. The van der Waals surface area contributed by atoms with Gasteiger partial charge in [-0.15, -0.1) is 0 Å². The average molecular weight is 437 g/mol. The number of rotatable bonds is 5. The van der Waals surface area contributed by atoms with Gasteiger partial charge in [0.25, 0.3) is 0 Å². The predicted molar refractivity (Wildman–Crippen MR) is 124 cm³/mol. The van der Waals surface area contributed by atoms with Gasteiger partial charge in [0.05, 0.1) is 11.6 Å². The maximum absolute atomic E-state index is 12.3. The molecule has 2 fully saturated rings. The molecule has 2 N–H and O–H groups in total. The molecule has 1 aliphatic heterocycles. The highest BCUT2D eigenvalue weighted by Crippen LogP contribution is 2.31. The summed E-state index contributed by atoms with van der Waals surface area (Å²) < 4.78 is 0. The topological polar surface area (TPSA) is 68.2 Å². The van der Waals surface area contributed by atoms with Gasteiger partial charge in [-0.3, -0.25) is 0 Å². The molecule has 2 unspecified atom stereocenters. The number of nitrogens with one attached hydrogen (secondary N) is 2. The number of urea groups is 1. The van der Waals surface area contributed by atoms with E-state index in [1.165, 1.54) is 24.8 Å². The summed E-state index contributed by atoms with van der Waals surface area (Å²) in [7, 11) is 0. The average Bonchev–Trinajstić information content (AvgIpc) is 3.22. The molecule has 0 radical (unpaired) electrons. The fourth-order valence-electron chi connectivity index (χ4n) is 4.90. The van der Waals surface area contributed by atoms with Gasteiger partial charge < -0.3 is 15.5 Å². The summed E-state index contributed by atoms with van der Waals surface area (Å²) in [4.78, 5) is 14.9. The van der Waals surface area contributed by atoms with Crippen LogP contribution in [0.2, 0.25) is 5.02 Å². The summed E-state index contributed by atoms with van der Waals surface area (Å²) in [5.74, 6) is 1.28. The number of nitrogens with zero attached hydrogens (tertiary/aromatic N) is 2. The lowest BCUT2D eigenvalue weighted by Gasteiger charge is -2.33. The molecule has 5 nitrogen and oxygen atoms in total. The zero-order valence-electron chi connectivity index (χ0n) is 17.7. The Morgan fingerprint density at radius 3 is 2.42 bits per heavy atom. The Morgan fingerprint density at radius 2 is 1.74 bits per heavy atom. The smallest absolute Gasteiger partial charge is 0.319 e. The minimum Gasteiger partial charge on any atom is -0.335 e. The van der Waals surface area contributed by atoms with Crippen LogP contribution < -0.4 is 10.6 Å². The van der Waals surface area contributed by atoms with Crippen molar-refractivity contribution in [1.82, 2.24) is 10.2 Å². The van der Waals surface area contributed by atoms with E-state index in [0.717, 1.165) is 37.5 Å². The number of likely N-dealkylation sites (tertiary alicyclic amines) is 1. The molecule has 162 valence electrons. The van der Waals surface area contributed by atoms with Crippen molar-refractivity contribution in [2.24, 2.45) is 5.92 Å². The maximum atomic E-state index is 12.3. The van der Waals surface area contributed by atoms with Crippen LogP contribution in [0.3, 0.4) is 0 Å².